The molecule has 13 heavy (non-hydrogen) atoms. The second kappa shape index (κ2) is 4.74. The molecule has 1 amide bonds. The summed E-state index contributed by atoms with van der Waals surface area (Å²) in [5, 5.41) is 10.2. The number of nitrogens with one attached hydrogen (secondary N) is 1. The Kier molecular flexibility index (Phi) is 4.30. The molecular weight excluding hydrogens is 184 g/mol. The van der Waals surface area contributed by atoms with E-state index in [0.29, 0.717) is 0 Å². The molecule has 0 fully saturated rings. The Bertz CT molecular complexity index is 206. The summed E-state index contributed by atoms with van der Waals surface area (Å²) >= 11 is 0. The fourth-order valence-corrected chi connectivity index (χ4v) is 0.730. The lowest BCUT2D eigenvalue weighted by Crippen LogP contribution is -2.46. The van der Waals surface area contributed by atoms with Gasteiger partial charge in [-0.15, -0.1) is 0 Å². The zero-order valence-corrected chi connectivity index (χ0v) is 7.25. The van der Waals surface area contributed by atoms with E-state index in [1.54, 1.807) is 5.32 Å². The van der Waals surface area contributed by atoms with Crippen molar-refractivity contribution in [2.45, 2.75) is 26.3 Å². The topological polar surface area (TPSA) is 66.4 Å². The summed E-state index contributed by atoms with van der Waals surface area (Å²) in [5.41, 5.74) is 0. The van der Waals surface area contributed by atoms with Gasteiger partial charge in [0.15, 0.2) is 0 Å². The average molecular weight is 195 g/mol. The summed E-state index contributed by atoms with van der Waals surface area (Å²) in [7, 11) is 0. The van der Waals surface area contributed by atoms with Crippen molar-refractivity contribution >= 4 is 11.9 Å². The quantitative estimate of drug-likeness (QED) is 0.685. The third-order valence-electron chi connectivity index (χ3n) is 1.43. The van der Waals surface area contributed by atoms with Crippen molar-refractivity contribution < 1.29 is 23.5 Å². The monoisotopic (exact) mass is 195 g/mol. The third-order valence-corrected chi connectivity index (χ3v) is 1.43. The highest BCUT2D eigenvalue weighted by molar-refractivity contribution is 5.85. The maximum atomic E-state index is 11.7. The Hall–Kier alpha value is -1.20. The first-order chi connectivity index (χ1) is 5.86. The highest BCUT2D eigenvalue weighted by Crippen LogP contribution is 2.03. The molecule has 76 valence electrons. The smallest absolute Gasteiger partial charge is 0.326 e. The molecule has 0 aliphatic heterocycles. The molecule has 0 radical (unpaired) electrons. The number of hydrogen-bond acceptors (Lipinski definition) is 2. The summed E-state index contributed by atoms with van der Waals surface area (Å²) in [4.78, 5) is 20.9. The Morgan fingerprint density at radius 3 is 2.00 bits per heavy atom. The molecule has 0 heterocycles. The van der Waals surface area contributed by atoms with Crippen molar-refractivity contribution in [3.8, 4) is 0 Å². The van der Waals surface area contributed by atoms with Crippen LogP contribution >= 0.6 is 0 Å². The minimum absolute atomic E-state index is 0.430. The van der Waals surface area contributed by atoms with Gasteiger partial charge in [0.25, 0.3) is 5.91 Å². The Morgan fingerprint density at radius 2 is 1.77 bits per heavy atom. The van der Waals surface area contributed by atoms with Crippen molar-refractivity contribution in [3.05, 3.63) is 0 Å². The molecular formula is C7H11F2NO3. The molecule has 4 nitrogen and oxygen atoms in total. The van der Waals surface area contributed by atoms with Crippen LogP contribution in [0.1, 0.15) is 13.8 Å². The Morgan fingerprint density at radius 1 is 1.31 bits per heavy atom. The van der Waals surface area contributed by atoms with Gasteiger partial charge in [0.2, 0.25) is 0 Å². The molecule has 0 aromatic heterocycles. The van der Waals surface area contributed by atoms with Crippen LogP contribution in [-0.4, -0.2) is 29.5 Å². The minimum atomic E-state index is -3.18. The molecule has 0 rings (SSSR count). The van der Waals surface area contributed by atoms with E-state index in [0.717, 1.165) is 0 Å². The standard InChI is InChI=1S/C7H11F2NO3/c1-3(2)4(7(12)13)10-6(11)5(8)9/h3-5H,1-2H3,(H,10,11)(H,12,13)/t4-/m1/s1. The molecule has 0 unspecified atom stereocenters. The van der Waals surface area contributed by atoms with Crippen LogP contribution < -0.4 is 5.32 Å². The van der Waals surface area contributed by atoms with Gasteiger partial charge in [-0.1, -0.05) is 13.8 Å². The van der Waals surface area contributed by atoms with Crippen LogP contribution in [0, 0.1) is 5.92 Å². The maximum absolute atomic E-state index is 11.7. The summed E-state index contributed by atoms with van der Waals surface area (Å²) < 4.78 is 23.4. The van der Waals surface area contributed by atoms with Crippen molar-refractivity contribution in [1.29, 1.82) is 0 Å². The lowest BCUT2D eigenvalue weighted by molar-refractivity contribution is -0.145. The van der Waals surface area contributed by atoms with E-state index in [-0.39, 0.29) is 0 Å². The van der Waals surface area contributed by atoms with Crippen molar-refractivity contribution in [1.82, 2.24) is 5.32 Å². The first-order valence-electron chi connectivity index (χ1n) is 3.67. The predicted molar refractivity (Wildman–Crippen MR) is 40.4 cm³/mol. The Balaban J connectivity index is 4.27. The summed E-state index contributed by atoms with van der Waals surface area (Å²) in [6.45, 7) is 3.04. The fraction of sp³-hybridized carbons (Fsp3) is 0.714. The predicted octanol–water partition coefficient (Wildman–Crippen LogP) is 0.477. The first kappa shape index (κ1) is 11.8. The summed E-state index contributed by atoms with van der Waals surface area (Å²) in [6, 6.07) is -1.26. The van der Waals surface area contributed by atoms with E-state index in [4.69, 9.17) is 5.11 Å². The van der Waals surface area contributed by atoms with Gasteiger partial charge < -0.3 is 10.4 Å². The van der Waals surface area contributed by atoms with Gasteiger partial charge in [-0.05, 0) is 5.92 Å². The second-order valence-electron chi connectivity index (χ2n) is 2.87. The van der Waals surface area contributed by atoms with E-state index in [1.807, 2.05) is 0 Å². The number of halogens is 2. The Labute approximate surface area is 73.9 Å². The van der Waals surface area contributed by atoms with E-state index in [2.05, 4.69) is 0 Å². The average Bonchev–Trinajstić information content (AvgIpc) is 1.97. The van der Waals surface area contributed by atoms with Gasteiger partial charge in [-0.3, -0.25) is 4.79 Å². The minimum Gasteiger partial charge on any atom is -0.480 e. The van der Waals surface area contributed by atoms with Gasteiger partial charge in [-0.25, -0.2) is 4.79 Å². The van der Waals surface area contributed by atoms with Gasteiger partial charge in [0.1, 0.15) is 6.04 Å². The van der Waals surface area contributed by atoms with Crippen LogP contribution in [0.2, 0.25) is 0 Å². The van der Waals surface area contributed by atoms with Gasteiger partial charge in [-0.2, -0.15) is 8.78 Å². The largest absolute Gasteiger partial charge is 0.480 e. The molecule has 0 aromatic carbocycles. The number of rotatable bonds is 4. The van der Waals surface area contributed by atoms with Crippen LogP contribution in [0.15, 0.2) is 0 Å². The number of carboxylic acids is 1. The van der Waals surface area contributed by atoms with E-state index in [1.165, 1.54) is 13.8 Å². The first-order valence-corrected chi connectivity index (χ1v) is 3.67. The maximum Gasteiger partial charge on any atom is 0.326 e. The molecule has 1 atom stereocenters. The van der Waals surface area contributed by atoms with E-state index in [9.17, 15) is 18.4 Å². The van der Waals surface area contributed by atoms with Gasteiger partial charge >= 0.3 is 12.4 Å². The zero-order chi connectivity index (χ0) is 10.6. The van der Waals surface area contributed by atoms with Gasteiger partial charge in [0, 0.05) is 0 Å². The van der Waals surface area contributed by atoms with E-state index < -0.39 is 30.3 Å². The van der Waals surface area contributed by atoms with Crippen LogP contribution in [0.5, 0.6) is 0 Å². The molecule has 0 saturated heterocycles. The summed E-state index contributed by atoms with van der Waals surface area (Å²) in [5.74, 6) is -3.30. The normalized spacial score (nSPS) is 13.1. The number of amides is 1. The second-order valence-corrected chi connectivity index (χ2v) is 2.87. The number of carbonyl (C=O) groups excluding carboxylic acids is 1. The van der Waals surface area contributed by atoms with E-state index >= 15 is 0 Å². The highest BCUT2D eigenvalue weighted by atomic mass is 19.3. The number of aliphatic carboxylic acids is 1. The molecule has 0 aliphatic rings. The van der Waals surface area contributed by atoms with Crippen LogP contribution in [0.4, 0.5) is 8.78 Å². The van der Waals surface area contributed by atoms with Crippen LogP contribution in [0.3, 0.4) is 0 Å². The van der Waals surface area contributed by atoms with Gasteiger partial charge in [0.05, 0.1) is 0 Å². The lowest BCUT2D eigenvalue weighted by atomic mass is 10.1. The fourth-order valence-electron chi connectivity index (χ4n) is 0.730. The van der Waals surface area contributed by atoms with Crippen LogP contribution in [0.25, 0.3) is 0 Å². The molecule has 0 aromatic rings. The SMILES string of the molecule is CC(C)[C@@H](NC(=O)C(F)F)C(=O)O. The number of alkyl halides is 2. The summed E-state index contributed by atoms with van der Waals surface area (Å²) in [6.07, 6.45) is -3.18. The third kappa shape index (κ3) is 3.82. The highest BCUT2D eigenvalue weighted by Gasteiger charge is 2.26. The van der Waals surface area contributed by atoms with Crippen molar-refractivity contribution in [3.63, 3.8) is 0 Å². The number of hydrogen-bond donors (Lipinski definition) is 2. The van der Waals surface area contributed by atoms with Crippen LogP contribution in [-0.2, 0) is 9.59 Å². The molecule has 0 spiro atoms. The number of carboxylic acid groups (broad SMARTS) is 1. The molecule has 0 aliphatic carbocycles. The van der Waals surface area contributed by atoms with Crippen molar-refractivity contribution in [2.24, 2.45) is 5.92 Å². The molecule has 2 N–H and O–H groups in total. The lowest BCUT2D eigenvalue weighted by Gasteiger charge is -2.17. The molecule has 0 saturated carbocycles. The number of carbonyl (C=O) groups is 2. The molecule has 0 bridgehead atoms. The zero-order valence-electron chi connectivity index (χ0n) is 7.25. The van der Waals surface area contributed by atoms with Crippen molar-refractivity contribution in [2.75, 3.05) is 0 Å². The molecule has 6 heteroatoms.